The second-order valence-corrected chi connectivity index (χ2v) is 6.49. The highest BCUT2D eigenvalue weighted by molar-refractivity contribution is 5.70. The van der Waals surface area contributed by atoms with E-state index in [2.05, 4.69) is 4.90 Å². The van der Waals surface area contributed by atoms with Crippen LogP contribution >= 0.6 is 0 Å². The van der Waals surface area contributed by atoms with Crippen LogP contribution in [0, 0.1) is 0 Å². The van der Waals surface area contributed by atoms with Gasteiger partial charge in [0, 0.05) is 26.1 Å². The highest BCUT2D eigenvalue weighted by Crippen LogP contribution is 2.24. The van der Waals surface area contributed by atoms with Crippen molar-refractivity contribution in [1.29, 1.82) is 0 Å². The normalized spacial score (nSPS) is 22.7. The Kier molecular flexibility index (Phi) is 5.08. The van der Waals surface area contributed by atoms with Crippen LogP contribution in [0.1, 0.15) is 38.2 Å². The van der Waals surface area contributed by atoms with E-state index in [1.54, 1.807) is 0 Å². The summed E-state index contributed by atoms with van der Waals surface area (Å²) in [7, 11) is 0. The summed E-state index contributed by atoms with van der Waals surface area (Å²) in [5.74, 6) is 1.21. The van der Waals surface area contributed by atoms with Crippen LogP contribution < -0.4 is 0 Å². The number of hydrogen-bond donors (Lipinski definition) is 0. The minimum atomic E-state index is -0.315. The van der Waals surface area contributed by atoms with Crippen LogP contribution in [0.15, 0.2) is 16.5 Å². The third kappa shape index (κ3) is 3.90. The molecule has 1 atom stereocenters. The molecule has 2 aliphatic rings. The van der Waals surface area contributed by atoms with Crippen LogP contribution in [-0.4, -0.2) is 53.6 Å². The van der Waals surface area contributed by atoms with Crippen molar-refractivity contribution in [2.24, 2.45) is 0 Å². The minimum Gasteiger partial charge on any atom is -0.461 e. The first-order valence-corrected chi connectivity index (χ1v) is 8.41. The number of nitrogens with zero attached hydrogens (tertiary/aromatic N) is 2. The second kappa shape index (κ2) is 7.25. The van der Waals surface area contributed by atoms with E-state index in [0.717, 1.165) is 38.2 Å². The van der Waals surface area contributed by atoms with Gasteiger partial charge >= 0.3 is 12.1 Å². The zero-order valence-electron chi connectivity index (χ0n) is 14.2. The number of ether oxygens (including phenoxy) is 2. The topological polar surface area (TPSA) is 72.2 Å². The molecule has 0 radical (unpaired) electrons. The van der Waals surface area contributed by atoms with Crippen LogP contribution in [0.2, 0.25) is 0 Å². The van der Waals surface area contributed by atoms with Crippen molar-refractivity contribution in [1.82, 2.24) is 9.80 Å². The summed E-state index contributed by atoms with van der Waals surface area (Å²) < 4.78 is 15.7. The van der Waals surface area contributed by atoms with Crippen molar-refractivity contribution in [2.75, 3.05) is 19.7 Å². The van der Waals surface area contributed by atoms with E-state index >= 15 is 0 Å². The van der Waals surface area contributed by atoms with Gasteiger partial charge in [-0.1, -0.05) is 0 Å². The Labute approximate surface area is 141 Å². The van der Waals surface area contributed by atoms with Gasteiger partial charge in [0.25, 0.3) is 0 Å². The van der Waals surface area contributed by atoms with Gasteiger partial charge in [0.05, 0.1) is 12.6 Å². The van der Waals surface area contributed by atoms with Gasteiger partial charge in [-0.15, -0.1) is 0 Å². The molecule has 7 nitrogen and oxygen atoms in total. The standard InChI is InChI=1S/C17H24N2O5/c1-12-10-23-17(21)19(12)14-5-7-18(8-6-14)9-15-3-4-16(24-15)11-22-13(2)20/h3-4,12,14H,5-11H2,1-2H3. The van der Waals surface area contributed by atoms with E-state index in [1.165, 1.54) is 6.92 Å². The molecule has 0 bridgehead atoms. The van der Waals surface area contributed by atoms with Crippen molar-refractivity contribution in [3.05, 3.63) is 23.7 Å². The maximum absolute atomic E-state index is 11.8. The van der Waals surface area contributed by atoms with E-state index in [0.29, 0.717) is 12.4 Å². The molecule has 0 aliphatic carbocycles. The predicted octanol–water partition coefficient (Wildman–Crippen LogP) is 2.15. The highest BCUT2D eigenvalue weighted by Gasteiger charge is 2.36. The lowest BCUT2D eigenvalue weighted by Gasteiger charge is -2.36. The molecule has 3 heterocycles. The average molecular weight is 336 g/mol. The van der Waals surface area contributed by atoms with Gasteiger partial charge in [0.1, 0.15) is 24.7 Å². The quantitative estimate of drug-likeness (QED) is 0.767. The summed E-state index contributed by atoms with van der Waals surface area (Å²) >= 11 is 0. The molecular weight excluding hydrogens is 312 g/mol. The summed E-state index contributed by atoms with van der Waals surface area (Å²) in [5, 5.41) is 0. The van der Waals surface area contributed by atoms with E-state index in [-0.39, 0.29) is 30.8 Å². The third-order valence-electron chi connectivity index (χ3n) is 4.60. The number of esters is 1. The molecule has 1 aromatic heterocycles. The van der Waals surface area contributed by atoms with Gasteiger partial charge in [0.15, 0.2) is 0 Å². The van der Waals surface area contributed by atoms with E-state index in [1.807, 2.05) is 24.0 Å². The number of piperidine rings is 1. The molecule has 1 amide bonds. The molecular formula is C17H24N2O5. The Morgan fingerprint density at radius 3 is 2.62 bits per heavy atom. The molecule has 7 heteroatoms. The summed E-state index contributed by atoms with van der Waals surface area (Å²) in [6.45, 7) is 6.65. The Balaban J connectivity index is 1.47. The van der Waals surface area contributed by atoms with Crippen LogP contribution in [0.5, 0.6) is 0 Å². The predicted molar refractivity (Wildman–Crippen MR) is 85.1 cm³/mol. The van der Waals surface area contributed by atoms with E-state index < -0.39 is 0 Å². The number of hydrogen-bond acceptors (Lipinski definition) is 6. The lowest BCUT2D eigenvalue weighted by molar-refractivity contribution is -0.142. The highest BCUT2D eigenvalue weighted by atomic mass is 16.6. The van der Waals surface area contributed by atoms with Crippen molar-refractivity contribution in [3.63, 3.8) is 0 Å². The molecule has 3 rings (SSSR count). The van der Waals surface area contributed by atoms with Gasteiger partial charge in [-0.2, -0.15) is 0 Å². The molecule has 2 aliphatic heterocycles. The summed E-state index contributed by atoms with van der Waals surface area (Å²) in [5.41, 5.74) is 0. The molecule has 24 heavy (non-hydrogen) atoms. The van der Waals surface area contributed by atoms with Crippen molar-refractivity contribution >= 4 is 12.1 Å². The Morgan fingerprint density at radius 1 is 1.29 bits per heavy atom. The van der Waals surface area contributed by atoms with Crippen LogP contribution in [0.25, 0.3) is 0 Å². The smallest absolute Gasteiger partial charge is 0.410 e. The zero-order chi connectivity index (χ0) is 17.1. The fourth-order valence-corrected chi connectivity index (χ4v) is 3.37. The van der Waals surface area contributed by atoms with Gasteiger partial charge in [-0.3, -0.25) is 14.6 Å². The number of cyclic esters (lactones) is 1. The summed E-state index contributed by atoms with van der Waals surface area (Å²) in [6, 6.07) is 4.20. The van der Waals surface area contributed by atoms with Crippen molar-refractivity contribution in [2.45, 2.75) is 51.9 Å². The van der Waals surface area contributed by atoms with Gasteiger partial charge < -0.3 is 13.9 Å². The maximum atomic E-state index is 11.8. The molecule has 2 saturated heterocycles. The summed E-state index contributed by atoms with van der Waals surface area (Å²) in [4.78, 5) is 26.8. The van der Waals surface area contributed by atoms with Crippen molar-refractivity contribution in [3.8, 4) is 0 Å². The van der Waals surface area contributed by atoms with E-state index in [4.69, 9.17) is 13.9 Å². The fraction of sp³-hybridized carbons (Fsp3) is 0.647. The lowest BCUT2D eigenvalue weighted by atomic mass is 10.0. The number of rotatable bonds is 5. The fourth-order valence-electron chi connectivity index (χ4n) is 3.37. The average Bonchev–Trinajstić information content (AvgIpc) is 3.13. The van der Waals surface area contributed by atoms with Crippen LogP contribution in [-0.2, 0) is 27.4 Å². The summed E-state index contributed by atoms with van der Waals surface area (Å²) in [6.07, 6.45) is 1.71. The largest absolute Gasteiger partial charge is 0.461 e. The van der Waals surface area contributed by atoms with Gasteiger partial charge in [-0.25, -0.2) is 4.79 Å². The molecule has 0 N–H and O–H groups in total. The minimum absolute atomic E-state index is 0.169. The van der Waals surface area contributed by atoms with Crippen molar-refractivity contribution < 1.29 is 23.5 Å². The molecule has 0 spiro atoms. The number of likely N-dealkylation sites (tertiary alicyclic amines) is 1. The maximum Gasteiger partial charge on any atom is 0.410 e. The van der Waals surface area contributed by atoms with Crippen LogP contribution in [0.3, 0.4) is 0 Å². The Hall–Kier alpha value is -2.02. The number of carbonyl (C=O) groups excluding carboxylic acids is 2. The SMILES string of the molecule is CC(=O)OCc1ccc(CN2CCC(N3C(=O)OCC3C)CC2)o1. The lowest BCUT2D eigenvalue weighted by Crippen LogP contribution is -2.47. The van der Waals surface area contributed by atoms with Gasteiger partial charge in [0.2, 0.25) is 0 Å². The molecule has 132 valence electrons. The third-order valence-corrected chi connectivity index (χ3v) is 4.60. The first-order valence-electron chi connectivity index (χ1n) is 8.41. The Bertz CT molecular complexity index is 592. The van der Waals surface area contributed by atoms with Gasteiger partial charge in [-0.05, 0) is 31.9 Å². The van der Waals surface area contributed by atoms with Crippen LogP contribution in [0.4, 0.5) is 4.79 Å². The Morgan fingerprint density at radius 2 is 2.00 bits per heavy atom. The molecule has 0 saturated carbocycles. The number of carbonyl (C=O) groups is 2. The van der Waals surface area contributed by atoms with E-state index in [9.17, 15) is 9.59 Å². The molecule has 0 aromatic carbocycles. The zero-order valence-corrected chi connectivity index (χ0v) is 14.2. The first-order chi connectivity index (χ1) is 11.5. The number of furan rings is 1. The molecule has 1 aromatic rings. The molecule has 1 unspecified atom stereocenters. The monoisotopic (exact) mass is 336 g/mol. The first kappa shape index (κ1) is 16.8. The number of amides is 1. The molecule has 2 fully saturated rings. The second-order valence-electron chi connectivity index (χ2n) is 6.49.